The van der Waals surface area contributed by atoms with E-state index in [0.29, 0.717) is 17.0 Å². The molecule has 1 unspecified atom stereocenters. The molecule has 4 rings (SSSR count). The predicted octanol–water partition coefficient (Wildman–Crippen LogP) is 4.15. The molecule has 1 aliphatic heterocycles. The number of hydrogen-bond acceptors (Lipinski definition) is 4. The number of aryl methyl sites for hydroxylation is 1. The van der Waals surface area contributed by atoms with E-state index >= 15 is 0 Å². The zero-order valence-corrected chi connectivity index (χ0v) is 18.8. The summed E-state index contributed by atoms with van der Waals surface area (Å²) in [6.45, 7) is 2.02. The molecule has 168 valence electrons. The van der Waals surface area contributed by atoms with Crippen LogP contribution >= 0.6 is 0 Å². The second-order valence-corrected chi connectivity index (χ2v) is 8.73. The number of ether oxygens (including phenoxy) is 1. The highest BCUT2D eigenvalue weighted by Crippen LogP contribution is 2.31. The Morgan fingerprint density at radius 1 is 0.969 bits per heavy atom. The third-order valence-electron chi connectivity index (χ3n) is 6.57. The maximum Gasteiger partial charge on any atom is 0.247 e. The van der Waals surface area contributed by atoms with Crippen molar-refractivity contribution in [3.8, 4) is 5.75 Å². The van der Waals surface area contributed by atoms with Crippen LogP contribution in [0.3, 0.4) is 0 Å². The van der Waals surface area contributed by atoms with Crippen LogP contribution < -0.4 is 9.64 Å². The van der Waals surface area contributed by atoms with Crippen LogP contribution in [0, 0.1) is 6.92 Å². The molecule has 0 N–H and O–H groups in total. The highest BCUT2D eigenvalue weighted by molar-refractivity contribution is 6.09. The molecule has 2 aromatic rings. The lowest BCUT2D eigenvalue weighted by Gasteiger charge is -2.44. The van der Waals surface area contributed by atoms with Crippen molar-refractivity contribution in [2.75, 3.05) is 18.6 Å². The lowest BCUT2D eigenvalue weighted by Crippen LogP contribution is -2.63. The van der Waals surface area contributed by atoms with E-state index in [2.05, 4.69) is 0 Å². The first-order valence-electron chi connectivity index (χ1n) is 11.3. The Bertz CT molecular complexity index is 978. The highest BCUT2D eigenvalue weighted by Gasteiger charge is 2.43. The quantitative estimate of drug-likeness (QED) is 0.641. The van der Waals surface area contributed by atoms with Gasteiger partial charge in [0.1, 0.15) is 18.3 Å². The summed E-state index contributed by atoms with van der Waals surface area (Å²) in [5.41, 5.74) is 2.23. The Morgan fingerprint density at radius 2 is 1.62 bits per heavy atom. The fourth-order valence-corrected chi connectivity index (χ4v) is 4.76. The predicted molar refractivity (Wildman–Crippen MR) is 123 cm³/mol. The maximum absolute atomic E-state index is 13.7. The molecule has 1 atom stereocenters. The number of carbonyl (C=O) groups excluding carboxylic acids is 3. The van der Waals surface area contributed by atoms with Crippen molar-refractivity contribution in [1.29, 1.82) is 0 Å². The van der Waals surface area contributed by atoms with Gasteiger partial charge in [-0.1, -0.05) is 49.1 Å². The lowest BCUT2D eigenvalue weighted by molar-refractivity contribution is -0.144. The van der Waals surface area contributed by atoms with Gasteiger partial charge < -0.3 is 9.64 Å². The van der Waals surface area contributed by atoms with E-state index in [1.165, 1.54) is 11.3 Å². The van der Waals surface area contributed by atoms with Crippen LogP contribution in [-0.2, 0) is 9.59 Å². The molecule has 1 heterocycles. The number of benzene rings is 2. The van der Waals surface area contributed by atoms with Crippen molar-refractivity contribution in [2.45, 2.75) is 57.5 Å². The molecule has 0 radical (unpaired) electrons. The molecule has 6 nitrogen and oxygen atoms in total. The van der Waals surface area contributed by atoms with Crippen LogP contribution in [-0.4, -0.2) is 48.2 Å². The topological polar surface area (TPSA) is 66.9 Å². The minimum absolute atomic E-state index is 0.0388. The van der Waals surface area contributed by atoms with Gasteiger partial charge in [-0.2, -0.15) is 0 Å². The average Bonchev–Trinajstić information content (AvgIpc) is 2.82. The first-order valence-corrected chi connectivity index (χ1v) is 11.3. The molecule has 2 aliphatic rings. The van der Waals surface area contributed by atoms with Crippen LogP contribution in [0.25, 0.3) is 0 Å². The number of nitrogens with zero attached hydrogens (tertiary/aromatic N) is 2. The Hall–Kier alpha value is -3.15. The largest absolute Gasteiger partial charge is 0.497 e. The van der Waals surface area contributed by atoms with Gasteiger partial charge >= 0.3 is 0 Å². The highest BCUT2D eigenvalue weighted by atomic mass is 16.5. The van der Waals surface area contributed by atoms with Gasteiger partial charge in [0.25, 0.3) is 0 Å². The third kappa shape index (κ3) is 4.54. The molecule has 1 saturated carbocycles. The van der Waals surface area contributed by atoms with E-state index in [-0.39, 0.29) is 36.6 Å². The molecule has 0 spiro atoms. The minimum Gasteiger partial charge on any atom is -0.497 e. The minimum atomic E-state index is -0.847. The number of hydrogen-bond donors (Lipinski definition) is 0. The molecular weight excluding hydrogens is 404 g/mol. The summed E-state index contributed by atoms with van der Waals surface area (Å²) >= 11 is 0. The zero-order chi connectivity index (χ0) is 22.7. The van der Waals surface area contributed by atoms with Crippen molar-refractivity contribution >= 4 is 23.3 Å². The molecule has 6 heteroatoms. The standard InChI is InChI=1S/C26H30N2O4/c1-18-8-10-19(11-9-18)24(29)16-23-26(31)27(20-6-4-3-5-7-20)17-25(30)28(23)21-12-14-22(32-2)15-13-21/h8-15,20,23H,3-7,16-17H2,1-2H3. The van der Waals surface area contributed by atoms with E-state index in [1.54, 1.807) is 48.4 Å². The van der Waals surface area contributed by atoms with Crippen LogP contribution in [0.1, 0.15) is 54.4 Å². The number of ketones is 1. The summed E-state index contributed by atoms with van der Waals surface area (Å²) in [5, 5.41) is 0. The molecule has 32 heavy (non-hydrogen) atoms. The van der Waals surface area contributed by atoms with E-state index in [4.69, 9.17) is 4.74 Å². The molecule has 2 fully saturated rings. The maximum atomic E-state index is 13.7. The first kappa shape index (κ1) is 22.1. The van der Waals surface area contributed by atoms with Crippen LogP contribution in [0.5, 0.6) is 5.75 Å². The van der Waals surface area contributed by atoms with Gasteiger partial charge in [-0.3, -0.25) is 19.3 Å². The van der Waals surface area contributed by atoms with Gasteiger partial charge in [0.15, 0.2) is 5.78 Å². The SMILES string of the molecule is COc1ccc(N2C(=O)CN(C3CCCCC3)C(=O)C2CC(=O)c2ccc(C)cc2)cc1. The second-order valence-electron chi connectivity index (χ2n) is 8.73. The summed E-state index contributed by atoms with van der Waals surface area (Å²) < 4.78 is 5.23. The number of anilines is 1. The lowest BCUT2D eigenvalue weighted by atomic mass is 9.91. The van der Waals surface area contributed by atoms with Crippen molar-refractivity contribution in [3.05, 3.63) is 59.7 Å². The molecule has 2 amide bonds. The van der Waals surface area contributed by atoms with E-state index in [0.717, 1.165) is 31.2 Å². The Balaban J connectivity index is 1.65. The fraction of sp³-hybridized carbons (Fsp3) is 0.423. The van der Waals surface area contributed by atoms with Gasteiger partial charge in [0.05, 0.1) is 7.11 Å². The number of amides is 2. The molecule has 2 aromatic carbocycles. The number of carbonyl (C=O) groups is 3. The summed E-state index contributed by atoms with van der Waals surface area (Å²) in [5.74, 6) is 0.246. The van der Waals surface area contributed by atoms with Gasteiger partial charge in [0.2, 0.25) is 11.8 Å². The molecule has 1 saturated heterocycles. The van der Waals surface area contributed by atoms with Gasteiger partial charge in [0, 0.05) is 23.7 Å². The molecule has 0 bridgehead atoms. The fourth-order valence-electron chi connectivity index (χ4n) is 4.76. The van der Waals surface area contributed by atoms with Gasteiger partial charge in [-0.25, -0.2) is 0 Å². The van der Waals surface area contributed by atoms with Gasteiger partial charge in [-0.05, 0) is 44.0 Å². The van der Waals surface area contributed by atoms with E-state index in [9.17, 15) is 14.4 Å². The van der Waals surface area contributed by atoms with Crippen molar-refractivity contribution in [3.63, 3.8) is 0 Å². The molecular formula is C26H30N2O4. The van der Waals surface area contributed by atoms with E-state index < -0.39 is 6.04 Å². The van der Waals surface area contributed by atoms with Crippen molar-refractivity contribution in [1.82, 2.24) is 4.90 Å². The van der Waals surface area contributed by atoms with Crippen LogP contribution in [0.4, 0.5) is 5.69 Å². The Kier molecular flexibility index (Phi) is 6.58. The van der Waals surface area contributed by atoms with Crippen LogP contribution in [0.2, 0.25) is 0 Å². The summed E-state index contributed by atoms with van der Waals surface area (Å²) in [6.07, 6.45) is 5.10. The zero-order valence-electron chi connectivity index (χ0n) is 18.8. The number of methoxy groups -OCH3 is 1. The Morgan fingerprint density at radius 3 is 2.25 bits per heavy atom. The Labute approximate surface area is 189 Å². The van der Waals surface area contributed by atoms with Crippen LogP contribution in [0.15, 0.2) is 48.5 Å². The molecule has 1 aliphatic carbocycles. The third-order valence-corrected chi connectivity index (χ3v) is 6.57. The average molecular weight is 435 g/mol. The normalized spacial score (nSPS) is 19.9. The van der Waals surface area contributed by atoms with E-state index in [1.807, 2.05) is 19.1 Å². The number of rotatable bonds is 6. The molecule has 0 aromatic heterocycles. The first-order chi connectivity index (χ1) is 15.5. The second kappa shape index (κ2) is 9.55. The number of piperazine rings is 1. The number of Topliss-reactive ketones (excluding diaryl/α,β-unsaturated/α-hetero) is 1. The summed E-state index contributed by atoms with van der Waals surface area (Å²) in [4.78, 5) is 43.3. The summed E-state index contributed by atoms with van der Waals surface area (Å²) in [6, 6.07) is 13.6. The summed E-state index contributed by atoms with van der Waals surface area (Å²) in [7, 11) is 1.58. The van der Waals surface area contributed by atoms with Crippen molar-refractivity contribution < 1.29 is 19.1 Å². The van der Waals surface area contributed by atoms with Gasteiger partial charge in [-0.15, -0.1) is 0 Å². The van der Waals surface area contributed by atoms with Crippen molar-refractivity contribution in [2.24, 2.45) is 0 Å². The smallest absolute Gasteiger partial charge is 0.247 e. The monoisotopic (exact) mass is 434 g/mol.